The first-order valence-electron chi connectivity index (χ1n) is 9.20. The molecule has 1 aromatic carbocycles. The SMILES string of the molecule is O=C(NC[C@H](C(F)F)C1CCCCC1)C(=O)Nc1c[nH]c2cc(F)c(F)cc12. The molecular weight excluding hydrogens is 378 g/mol. The zero-order valence-electron chi connectivity index (χ0n) is 15.0. The van der Waals surface area contributed by atoms with E-state index in [1.165, 1.54) is 6.20 Å². The molecule has 0 radical (unpaired) electrons. The average molecular weight is 399 g/mol. The number of nitrogens with one attached hydrogen (secondary N) is 3. The second kappa shape index (κ2) is 8.62. The van der Waals surface area contributed by atoms with Crippen molar-refractivity contribution in [3.63, 3.8) is 0 Å². The molecule has 1 atom stereocenters. The highest BCUT2D eigenvalue weighted by atomic mass is 19.3. The molecule has 0 saturated heterocycles. The molecule has 1 aliphatic carbocycles. The van der Waals surface area contributed by atoms with E-state index < -0.39 is 35.8 Å². The summed E-state index contributed by atoms with van der Waals surface area (Å²) in [5.74, 6) is -5.45. The number of aromatic nitrogens is 1. The first-order chi connectivity index (χ1) is 13.4. The van der Waals surface area contributed by atoms with Crippen molar-refractivity contribution in [2.45, 2.75) is 38.5 Å². The molecule has 1 fully saturated rings. The largest absolute Gasteiger partial charge is 0.359 e. The van der Waals surface area contributed by atoms with Crippen LogP contribution in [0.25, 0.3) is 10.9 Å². The molecule has 1 heterocycles. The number of aromatic amines is 1. The molecule has 1 saturated carbocycles. The number of fused-ring (bicyclic) bond motifs is 1. The molecular formula is C19H21F4N3O2. The van der Waals surface area contributed by atoms with Gasteiger partial charge in [-0.05, 0) is 24.8 Å². The van der Waals surface area contributed by atoms with Crippen LogP contribution < -0.4 is 10.6 Å². The molecule has 0 spiro atoms. The Kier molecular flexibility index (Phi) is 6.21. The molecule has 0 bridgehead atoms. The van der Waals surface area contributed by atoms with Crippen LogP contribution in [0.15, 0.2) is 18.3 Å². The van der Waals surface area contributed by atoms with Crippen LogP contribution in [-0.2, 0) is 9.59 Å². The lowest BCUT2D eigenvalue weighted by molar-refractivity contribution is -0.136. The van der Waals surface area contributed by atoms with Gasteiger partial charge in [-0.15, -0.1) is 0 Å². The number of alkyl halides is 2. The van der Waals surface area contributed by atoms with Gasteiger partial charge in [-0.3, -0.25) is 9.59 Å². The van der Waals surface area contributed by atoms with Gasteiger partial charge in [0.1, 0.15) is 0 Å². The summed E-state index contributed by atoms with van der Waals surface area (Å²) in [5.41, 5.74) is 0.330. The lowest BCUT2D eigenvalue weighted by atomic mass is 9.80. The monoisotopic (exact) mass is 399 g/mol. The Bertz CT molecular complexity index is 862. The van der Waals surface area contributed by atoms with Gasteiger partial charge in [0.15, 0.2) is 11.6 Å². The maximum Gasteiger partial charge on any atom is 0.313 e. The fourth-order valence-corrected chi connectivity index (χ4v) is 3.71. The first kappa shape index (κ1) is 20.2. The van der Waals surface area contributed by atoms with Gasteiger partial charge in [-0.2, -0.15) is 0 Å². The van der Waals surface area contributed by atoms with Crippen molar-refractivity contribution in [1.82, 2.24) is 10.3 Å². The third kappa shape index (κ3) is 4.45. The van der Waals surface area contributed by atoms with Crippen LogP contribution in [0.4, 0.5) is 23.2 Å². The average Bonchev–Trinajstić information content (AvgIpc) is 3.04. The normalized spacial score (nSPS) is 16.3. The zero-order chi connectivity index (χ0) is 20.3. The Balaban J connectivity index is 1.61. The van der Waals surface area contributed by atoms with Crippen molar-refractivity contribution in [2.24, 2.45) is 11.8 Å². The van der Waals surface area contributed by atoms with Crippen LogP contribution >= 0.6 is 0 Å². The highest BCUT2D eigenvalue weighted by molar-refractivity contribution is 6.40. The van der Waals surface area contributed by atoms with E-state index in [0.717, 1.165) is 31.4 Å². The highest BCUT2D eigenvalue weighted by Gasteiger charge is 2.31. The summed E-state index contributed by atoms with van der Waals surface area (Å²) in [6.45, 7) is -0.289. The maximum atomic E-state index is 13.4. The van der Waals surface area contributed by atoms with Crippen LogP contribution in [0.3, 0.4) is 0 Å². The van der Waals surface area contributed by atoms with Gasteiger partial charge < -0.3 is 15.6 Å². The van der Waals surface area contributed by atoms with Gasteiger partial charge in [-0.1, -0.05) is 19.3 Å². The molecule has 9 heteroatoms. The molecule has 5 nitrogen and oxygen atoms in total. The van der Waals surface area contributed by atoms with E-state index >= 15 is 0 Å². The zero-order valence-corrected chi connectivity index (χ0v) is 15.0. The summed E-state index contributed by atoms with van der Waals surface area (Å²) < 4.78 is 53.4. The lowest BCUT2D eigenvalue weighted by Crippen LogP contribution is -2.41. The number of rotatable bonds is 5. The Hall–Kier alpha value is -2.58. The summed E-state index contributed by atoms with van der Waals surface area (Å²) in [6, 6.07) is 1.82. The molecule has 152 valence electrons. The first-order valence-corrected chi connectivity index (χ1v) is 9.20. The molecule has 3 rings (SSSR count). The number of anilines is 1. The van der Waals surface area contributed by atoms with Gasteiger partial charge in [0.2, 0.25) is 6.43 Å². The number of hydrogen-bond acceptors (Lipinski definition) is 2. The summed E-state index contributed by atoms with van der Waals surface area (Å²) in [5, 5.41) is 4.74. The third-order valence-corrected chi connectivity index (χ3v) is 5.25. The standard InChI is InChI=1S/C19H21F4N3O2/c20-13-6-11-15(7-14(13)21)24-9-16(11)26-19(28)18(27)25-8-12(17(22)23)10-4-2-1-3-5-10/h6-7,9-10,12,17,24H,1-5,8H2,(H,25,27)(H,26,28)/t12-/m0/s1. The number of amides is 2. The van der Waals surface area contributed by atoms with E-state index in [0.29, 0.717) is 12.8 Å². The van der Waals surface area contributed by atoms with Crippen LogP contribution in [-0.4, -0.2) is 29.8 Å². The quantitative estimate of drug-likeness (QED) is 0.526. The van der Waals surface area contributed by atoms with Crippen molar-refractivity contribution >= 4 is 28.4 Å². The minimum atomic E-state index is -2.59. The molecule has 2 amide bonds. The third-order valence-electron chi connectivity index (χ3n) is 5.25. The molecule has 0 unspecified atom stereocenters. The summed E-state index contributed by atoms with van der Waals surface area (Å²) in [6.07, 6.45) is 2.89. The summed E-state index contributed by atoms with van der Waals surface area (Å²) in [4.78, 5) is 26.8. The van der Waals surface area contributed by atoms with Crippen LogP contribution in [0.2, 0.25) is 0 Å². The minimum absolute atomic E-state index is 0.0896. The lowest BCUT2D eigenvalue weighted by Gasteiger charge is -2.29. The molecule has 1 aromatic heterocycles. The van der Waals surface area contributed by atoms with E-state index in [2.05, 4.69) is 15.6 Å². The topological polar surface area (TPSA) is 74.0 Å². The predicted octanol–water partition coefficient (Wildman–Crippen LogP) is 3.96. The van der Waals surface area contributed by atoms with Crippen molar-refractivity contribution in [3.8, 4) is 0 Å². The Labute approximate surface area is 158 Å². The molecule has 0 aliphatic heterocycles. The van der Waals surface area contributed by atoms with Crippen molar-refractivity contribution < 1.29 is 27.2 Å². The van der Waals surface area contributed by atoms with E-state index in [1.807, 2.05) is 0 Å². The fraction of sp³-hybridized carbons (Fsp3) is 0.474. The van der Waals surface area contributed by atoms with E-state index in [9.17, 15) is 27.2 Å². The van der Waals surface area contributed by atoms with Crippen LogP contribution in [0.5, 0.6) is 0 Å². The van der Waals surface area contributed by atoms with E-state index in [1.54, 1.807) is 0 Å². The van der Waals surface area contributed by atoms with E-state index in [-0.39, 0.29) is 29.1 Å². The second-order valence-corrected chi connectivity index (χ2v) is 7.07. The number of carbonyl (C=O) groups is 2. The van der Waals surface area contributed by atoms with Crippen molar-refractivity contribution in [3.05, 3.63) is 30.0 Å². The number of carbonyl (C=O) groups excluding carboxylic acids is 2. The maximum absolute atomic E-state index is 13.4. The van der Waals surface area contributed by atoms with Gasteiger partial charge in [-0.25, -0.2) is 17.6 Å². The summed E-state index contributed by atoms with van der Waals surface area (Å²) >= 11 is 0. The molecule has 28 heavy (non-hydrogen) atoms. The second-order valence-electron chi connectivity index (χ2n) is 7.07. The Morgan fingerprint density at radius 3 is 2.43 bits per heavy atom. The summed E-state index contributed by atoms with van der Waals surface area (Å²) in [7, 11) is 0. The molecule has 3 N–H and O–H groups in total. The minimum Gasteiger partial charge on any atom is -0.359 e. The number of benzene rings is 1. The molecule has 2 aromatic rings. The Morgan fingerprint density at radius 1 is 1.07 bits per heavy atom. The number of halogens is 4. The van der Waals surface area contributed by atoms with Crippen LogP contribution in [0, 0.1) is 23.5 Å². The smallest absolute Gasteiger partial charge is 0.313 e. The van der Waals surface area contributed by atoms with Gasteiger partial charge in [0.25, 0.3) is 0 Å². The van der Waals surface area contributed by atoms with Gasteiger partial charge in [0, 0.05) is 30.1 Å². The highest BCUT2D eigenvalue weighted by Crippen LogP contribution is 2.33. The number of hydrogen-bond donors (Lipinski definition) is 3. The number of H-pyrrole nitrogens is 1. The fourth-order valence-electron chi connectivity index (χ4n) is 3.71. The predicted molar refractivity (Wildman–Crippen MR) is 95.9 cm³/mol. The Morgan fingerprint density at radius 2 is 1.75 bits per heavy atom. The van der Waals surface area contributed by atoms with Crippen LogP contribution in [0.1, 0.15) is 32.1 Å². The van der Waals surface area contributed by atoms with Crippen molar-refractivity contribution in [1.29, 1.82) is 0 Å². The van der Waals surface area contributed by atoms with Gasteiger partial charge in [0.05, 0.1) is 11.2 Å². The van der Waals surface area contributed by atoms with E-state index in [4.69, 9.17) is 0 Å². The van der Waals surface area contributed by atoms with Gasteiger partial charge >= 0.3 is 11.8 Å². The van der Waals surface area contributed by atoms with Crippen molar-refractivity contribution in [2.75, 3.05) is 11.9 Å². The molecule has 1 aliphatic rings.